The molecule has 0 atom stereocenters. The molecule has 0 radical (unpaired) electrons. The van der Waals surface area contributed by atoms with E-state index in [9.17, 15) is 4.79 Å². The Morgan fingerprint density at radius 3 is 2.86 bits per heavy atom. The van der Waals surface area contributed by atoms with Crippen LogP contribution in [0.1, 0.15) is 5.56 Å². The lowest BCUT2D eigenvalue weighted by Gasteiger charge is -2.09. The van der Waals surface area contributed by atoms with Gasteiger partial charge in [-0.2, -0.15) is 0 Å². The topological polar surface area (TPSA) is 86.5 Å². The molecule has 1 aromatic carbocycles. The third kappa shape index (κ3) is 4.68. The molecule has 0 aliphatic heterocycles. The average molecular weight is 287 g/mol. The third-order valence-corrected chi connectivity index (χ3v) is 2.72. The Labute approximate surface area is 122 Å². The van der Waals surface area contributed by atoms with Gasteiger partial charge in [0.2, 0.25) is 5.88 Å². The summed E-state index contributed by atoms with van der Waals surface area (Å²) in [5, 5.41) is 3.25. The Kier molecular flexibility index (Phi) is 4.98. The number of amides is 1. The quantitative estimate of drug-likeness (QED) is 0.807. The van der Waals surface area contributed by atoms with Crippen LogP contribution in [0, 0.1) is 0 Å². The standard InChI is InChI=1S/C15H17N3O3/c1-20-15-6-5-11(9-18-15)8-17-12-3-2-4-13(7-12)21-10-14(16)19/h2-7,9,17H,8,10H2,1H3,(H2,16,19). The first-order valence-corrected chi connectivity index (χ1v) is 6.41. The van der Waals surface area contributed by atoms with Gasteiger partial charge in [-0.05, 0) is 17.7 Å². The number of nitrogens with two attached hydrogens (primary N) is 1. The van der Waals surface area contributed by atoms with Crippen molar-refractivity contribution in [3.8, 4) is 11.6 Å². The van der Waals surface area contributed by atoms with Crippen molar-refractivity contribution < 1.29 is 14.3 Å². The SMILES string of the molecule is COc1ccc(CNc2cccc(OCC(N)=O)c2)cn1. The highest BCUT2D eigenvalue weighted by atomic mass is 16.5. The summed E-state index contributed by atoms with van der Waals surface area (Å²) in [5.41, 5.74) is 6.95. The van der Waals surface area contributed by atoms with Gasteiger partial charge in [0.05, 0.1) is 7.11 Å². The first kappa shape index (κ1) is 14.6. The zero-order valence-electron chi connectivity index (χ0n) is 11.7. The second-order valence-electron chi connectivity index (χ2n) is 4.35. The van der Waals surface area contributed by atoms with Crippen LogP contribution in [0.15, 0.2) is 42.6 Å². The first-order valence-electron chi connectivity index (χ1n) is 6.41. The first-order chi connectivity index (χ1) is 10.2. The van der Waals surface area contributed by atoms with Crippen molar-refractivity contribution in [2.45, 2.75) is 6.54 Å². The highest BCUT2D eigenvalue weighted by Gasteiger charge is 2.00. The molecule has 0 aliphatic carbocycles. The summed E-state index contributed by atoms with van der Waals surface area (Å²) in [6.07, 6.45) is 1.75. The van der Waals surface area contributed by atoms with Gasteiger partial charge >= 0.3 is 0 Å². The number of rotatable bonds is 7. The fourth-order valence-electron chi connectivity index (χ4n) is 1.69. The van der Waals surface area contributed by atoms with Gasteiger partial charge in [0, 0.05) is 30.6 Å². The minimum absolute atomic E-state index is 0.133. The number of nitrogens with zero attached hydrogens (tertiary/aromatic N) is 1. The van der Waals surface area contributed by atoms with Crippen molar-refractivity contribution in [3.63, 3.8) is 0 Å². The summed E-state index contributed by atoms with van der Waals surface area (Å²) in [7, 11) is 1.58. The number of primary amides is 1. The summed E-state index contributed by atoms with van der Waals surface area (Å²) in [6, 6.07) is 11.1. The van der Waals surface area contributed by atoms with Crippen molar-refractivity contribution in [1.82, 2.24) is 4.98 Å². The fourth-order valence-corrected chi connectivity index (χ4v) is 1.69. The van der Waals surface area contributed by atoms with E-state index in [1.54, 1.807) is 25.4 Å². The van der Waals surface area contributed by atoms with E-state index in [1.807, 2.05) is 24.3 Å². The molecule has 21 heavy (non-hydrogen) atoms. The summed E-state index contributed by atoms with van der Waals surface area (Å²) in [6.45, 7) is 0.488. The lowest BCUT2D eigenvalue weighted by molar-refractivity contribution is -0.119. The van der Waals surface area contributed by atoms with Gasteiger partial charge in [0.1, 0.15) is 5.75 Å². The number of nitrogens with one attached hydrogen (secondary N) is 1. The molecule has 1 heterocycles. The van der Waals surface area contributed by atoms with E-state index in [-0.39, 0.29) is 6.61 Å². The molecule has 0 aliphatic rings. The summed E-state index contributed by atoms with van der Waals surface area (Å²) >= 11 is 0. The molecule has 1 amide bonds. The predicted octanol–water partition coefficient (Wildman–Crippen LogP) is 1.57. The number of carbonyl (C=O) groups is 1. The fraction of sp³-hybridized carbons (Fsp3) is 0.200. The van der Waals surface area contributed by atoms with Crippen LogP contribution in [0.5, 0.6) is 11.6 Å². The number of hydrogen-bond donors (Lipinski definition) is 2. The van der Waals surface area contributed by atoms with Crippen molar-refractivity contribution in [2.24, 2.45) is 5.73 Å². The van der Waals surface area contributed by atoms with Crippen LogP contribution in [-0.2, 0) is 11.3 Å². The van der Waals surface area contributed by atoms with E-state index in [2.05, 4.69) is 10.3 Å². The number of methoxy groups -OCH3 is 1. The van der Waals surface area contributed by atoms with E-state index in [0.717, 1.165) is 11.3 Å². The van der Waals surface area contributed by atoms with Crippen LogP contribution in [0.4, 0.5) is 5.69 Å². The van der Waals surface area contributed by atoms with Gasteiger partial charge in [-0.25, -0.2) is 4.98 Å². The normalized spacial score (nSPS) is 9.95. The van der Waals surface area contributed by atoms with Crippen LogP contribution in [-0.4, -0.2) is 24.6 Å². The Bertz CT molecular complexity index is 599. The molecular formula is C15H17N3O3. The number of carbonyl (C=O) groups excluding carboxylic acids is 1. The molecule has 0 fully saturated rings. The van der Waals surface area contributed by atoms with Crippen molar-refractivity contribution in [1.29, 1.82) is 0 Å². The molecule has 2 aromatic rings. The highest BCUT2D eigenvalue weighted by Crippen LogP contribution is 2.18. The molecule has 1 aromatic heterocycles. The van der Waals surface area contributed by atoms with Crippen LogP contribution in [0.25, 0.3) is 0 Å². The molecule has 6 nitrogen and oxygen atoms in total. The molecule has 0 spiro atoms. The molecule has 6 heteroatoms. The van der Waals surface area contributed by atoms with Crippen molar-refractivity contribution in [2.75, 3.05) is 19.0 Å². The summed E-state index contributed by atoms with van der Waals surface area (Å²) < 4.78 is 10.3. The number of ether oxygens (including phenoxy) is 2. The lowest BCUT2D eigenvalue weighted by atomic mass is 10.2. The molecular weight excluding hydrogens is 270 g/mol. The second-order valence-corrected chi connectivity index (χ2v) is 4.35. The number of aromatic nitrogens is 1. The molecule has 2 rings (SSSR count). The van der Waals surface area contributed by atoms with Crippen LogP contribution in [0.3, 0.4) is 0 Å². The summed E-state index contributed by atoms with van der Waals surface area (Å²) in [5.74, 6) is 0.671. The maximum absolute atomic E-state index is 10.7. The van der Waals surface area contributed by atoms with Gasteiger partial charge in [-0.15, -0.1) is 0 Å². The number of anilines is 1. The molecule has 0 saturated heterocycles. The molecule has 0 unspecified atom stereocenters. The number of pyridine rings is 1. The largest absolute Gasteiger partial charge is 0.484 e. The number of benzene rings is 1. The van der Waals surface area contributed by atoms with Crippen LogP contribution < -0.4 is 20.5 Å². The molecule has 110 valence electrons. The molecule has 0 bridgehead atoms. The maximum Gasteiger partial charge on any atom is 0.255 e. The Hall–Kier alpha value is -2.76. The van der Waals surface area contributed by atoms with Gasteiger partial charge in [0.15, 0.2) is 6.61 Å². The third-order valence-electron chi connectivity index (χ3n) is 2.72. The highest BCUT2D eigenvalue weighted by molar-refractivity contribution is 5.75. The van der Waals surface area contributed by atoms with E-state index in [1.165, 1.54) is 0 Å². The lowest BCUT2D eigenvalue weighted by Crippen LogP contribution is -2.20. The van der Waals surface area contributed by atoms with Gasteiger partial charge in [0.25, 0.3) is 5.91 Å². The van der Waals surface area contributed by atoms with Crippen LogP contribution >= 0.6 is 0 Å². The Morgan fingerprint density at radius 2 is 2.19 bits per heavy atom. The Morgan fingerprint density at radius 1 is 1.33 bits per heavy atom. The minimum atomic E-state index is -0.502. The van der Waals surface area contributed by atoms with Crippen molar-refractivity contribution in [3.05, 3.63) is 48.2 Å². The predicted molar refractivity (Wildman–Crippen MR) is 79.2 cm³/mol. The number of hydrogen-bond acceptors (Lipinski definition) is 5. The molecule has 0 saturated carbocycles. The van der Waals surface area contributed by atoms with Crippen molar-refractivity contribution >= 4 is 11.6 Å². The van der Waals surface area contributed by atoms with Gasteiger partial charge in [-0.3, -0.25) is 4.79 Å². The zero-order valence-corrected chi connectivity index (χ0v) is 11.7. The second kappa shape index (κ2) is 7.14. The monoisotopic (exact) mass is 287 g/mol. The molecule has 3 N–H and O–H groups in total. The van der Waals surface area contributed by atoms with Gasteiger partial charge < -0.3 is 20.5 Å². The van der Waals surface area contributed by atoms with Gasteiger partial charge in [-0.1, -0.05) is 12.1 Å². The van der Waals surface area contributed by atoms with E-state index in [0.29, 0.717) is 18.2 Å². The average Bonchev–Trinajstić information content (AvgIpc) is 2.52. The minimum Gasteiger partial charge on any atom is -0.484 e. The maximum atomic E-state index is 10.7. The van der Waals surface area contributed by atoms with E-state index in [4.69, 9.17) is 15.2 Å². The summed E-state index contributed by atoms with van der Waals surface area (Å²) in [4.78, 5) is 14.8. The van der Waals surface area contributed by atoms with Crippen LogP contribution in [0.2, 0.25) is 0 Å². The van der Waals surface area contributed by atoms with E-state index < -0.39 is 5.91 Å². The zero-order chi connectivity index (χ0) is 15.1. The van der Waals surface area contributed by atoms with E-state index >= 15 is 0 Å². The Balaban J connectivity index is 1.92. The smallest absolute Gasteiger partial charge is 0.255 e.